The molecule has 0 saturated heterocycles. The summed E-state index contributed by atoms with van der Waals surface area (Å²) in [6.45, 7) is 0.433. The zero-order chi connectivity index (χ0) is 12.8. The van der Waals surface area contributed by atoms with E-state index in [1.54, 1.807) is 6.07 Å². The molecule has 2 aromatic rings. The summed E-state index contributed by atoms with van der Waals surface area (Å²) >= 11 is 3.36. The molecule has 2 nitrogen and oxygen atoms in total. The summed E-state index contributed by atoms with van der Waals surface area (Å²) in [4.78, 5) is 0. The fourth-order valence-electron chi connectivity index (χ4n) is 1.68. The van der Waals surface area contributed by atoms with Gasteiger partial charge in [0.1, 0.15) is 5.82 Å². The Morgan fingerprint density at radius 1 is 1.00 bits per heavy atom. The second-order valence-electron chi connectivity index (χ2n) is 3.86. The summed E-state index contributed by atoms with van der Waals surface area (Å²) in [5, 5.41) is 0.646. The van der Waals surface area contributed by atoms with Crippen molar-refractivity contribution in [1.82, 2.24) is 5.43 Å². The lowest BCUT2D eigenvalue weighted by Gasteiger charge is -2.11. The first-order valence-corrected chi connectivity index (χ1v) is 6.79. The first-order valence-electron chi connectivity index (χ1n) is 5.67. The molecule has 0 heterocycles. The van der Waals surface area contributed by atoms with E-state index in [1.165, 1.54) is 6.07 Å². The second-order valence-corrected chi connectivity index (χ2v) is 4.42. The minimum atomic E-state index is -0.186. The highest BCUT2D eigenvalue weighted by molar-refractivity contribution is 9.08. The van der Waals surface area contributed by atoms with Gasteiger partial charge < -0.3 is 5.43 Å². The van der Waals surface area contributed by atoms with Gasteiger partial charge in [-0.15, -0.1) is 0 Å². The maximum atomic E-state index is 13.7. The molecule has 0 aliphatic heterocycles. The molecule has 0 aliphatic carbocycles. The Balaban J connectivity index is 1.98. The van der Waals surface area contributed by atoms with Gasteiger partial charge in [-0.3, -0.25) is 0 Å². The maximum absolute atomic E-state index is 13.7. The Morgan fingerprint density at radius 2 is 1.78 bits per heavy atom. The minimum absolute atomic E-state index is 0.186. The average molecular weight is 309 g/mol. The summed E-state index contributed by atoms with van der Waals surface area (Å²) < 4.78 is 13.7. The summed E-state index contributed by atoms with van der Waals surface area (Å²) in [6, 6.07) is 14.8. The summed E-state index contributed by atoms with van der Waals surface area (Å²) in [5.74, 6) is -0.186. The topological polar surface area (TPSA) is 24.1 Å². The highest BCUT2D eigenvalue weighted by Crippen LogP contribution is 2.16. The van der Waals surface area contributed by atoms with Gasteiger partial charge in [-0.1, -0.05) is 46.3 Å². The van der Waals surface area contributed by atoms with Crippen molar-refractivity contribution in [2.24, 2.45) is 0 Å². The molecule has 0 aromatic heterocycles. The van der Waals surface area contributed by atoms with E-state index in [4.69, 9.17) is 0 Å². The molecule has 0 radical (unpaired) electrons. The number of halogens is 2. The van der Waals surface area contributed by atoms with Crippen molar-refractivity contribution in [3.8, 4) is 0 Å². The number of para-hydroxylation sites is 1. The third-order valence-corrected chi connectivity index (χ3v) is 3.24. The maximum Gasteiger partial charge on any atom is 0.128 e. The number of hydrazine groups is 1. The van der Waals surface area contributed by atoms with Crippen molar-refractivity contribution in [2.45, 2.75) is 11.9 Å². The second kappa shape index (κ2) is 6.52. The van der Waals surface area contributed by atoms with Gasteiger partial charge in [0.2, 0.25) is 0 Å². The van der Waals surface area contributed by atoms with Crippen LogP contribution in [-0.2, 0) is 11.9 Å². The fourth-order valence-corrected chi connectivity index (χ4v) is 2.21. The quantitative estimate of drug-likeness (QED) is 0.648. The fraction of sp³-hybridized carbons (Fsp3) is 0.143. The molecule has 0 fully saturated rings. The first kappa shape index (κ1) is 13.1. The van der Waals surface area contributed by atoms with Crippen molar-refractivity contribution >= 4 is 21.6 Å². The Hall–Kier alpha value is -1.39. The number of benzene rings is 2. The van der Waals surface area contributed by atoms with Crippen LogP contribution in [0.1, 0.15) is 11.1 Å². The van der Waals surface area contributed by atoms with Gasteiger partial charge in [-0.05, 0) is 23.8 Å². The molecule has 18 heavy (non-hydrogen) atoms. The average Bonchev–Trinajstić information content (AvgIpc) is 2.41. The van der Waals surface area contributed by atoms with Gasteiger partial charge in [-0.2, -0.15) is 0 Å². The molecule has 0 bridgehead atoms. The number of rotatable bonds is 5. The number of alkyl halides is 1. The standard InChI is InChI=1S/C14H14BrFN2/c15-9-11-5-4-8-14(16)13(11)10-17-18-12-6-2-1-3-7-12/h1-8,17-18H,9-10H2. The van der Waals surface area contributed by atoms with E-state index in [0.717, 1.165) is 11.3 Å². The van der Waals surface area contributed by atoms with E-state index >= 15 is 0 Å². The SMILES string of the molecule is Fc1cccc(CBr)c1CNNc1ccccc1. The predicted octanol–water partition coefficient (Wildman–Crippen LogP) is 3.84. The van der Waals surface area contributed by atoms with Crippen molar-refractivity contribution in [2.75, 3.05) is 5.43 Å². The van der Waals surface area contributed by atoms with Crippen LogP contribution in [-0.4, -0.2) is 0 Å². The van der Waals surface area contributed by atoms with Gasteiger partial charge in [0.25, 0.3) is 0 Å². The number of hydrogen-bond donors (Lipinski definition) is 2. The Kier molecular flexibility index (Phi) is 4.73. The lowest BCUT2D eigenvalue weighted by Crippen LogP contribution is -2.22. The Morgan fingerprint density at radius 3 is 2.50 bits per heavy atom. The zero-order valence-corrected chi connectivity index (χ0v) is 11.4. The zero-order valence-electron chi connectivity index (χ0n) is 9.79. The highest BCUT2D eigenvalue weighted by Gasteiger charge is 2.06. The predicted molar refractivity (Wildman–Crippen MR) is 75.9 cm³/mol. The molecule has 0 aliphatic rings. The molecule has 0 saturated carbocycles. The van der Waals surface area contributed by atoms with E-state index in [0.29, 0.717) is 17.4 Å². The molecule has 4 heteroatoms. The van der Waals surface area contributed by atoms with Crippen LogP contribution in [0.2, 0.25) is 0 Å². The van der Waals surface area contributed by atoms with Gasteiger partial charge >= 0.3 is 0 Å². The lowest BCUT2D eigenvalue weighted by molar-refractivity contribution is 0.597. The largest absolute Gasteiger partial charge is 0.321 e. The normalized spacial score (nSPS) is 10.3. The highest BCUT2D eigenvalue weighted by atomic mass is 79.9. The molecule has 2 N–H and O–H groups in total. The molecular weight excluding hydrogens is 295 g/mol. The van der Waals surface area contributed by atoms with Crippen LogP contribution in [0, 0.1) is 5.82 Å². The van der Waals surface area contributed by atoms with Crippen molar-refractivity contribution < 1.29 is 4.39 Å². The van der Waals surface area contributed by atoms with Crippen LogP contribution >= 0.6 is 15.9 Å². The van der Waals surface area contributed by atoms with Gasteiger partial charge in [0.15, 0.2) is 0 Å². The summed E-state index contributed by atoms with van der Waals surface area (Å²) in [7, 11) is 0. The molecular formula is C14H14BrFN2. The summed E-state index contributed by atoms with van der Waals surface area (Å²) in [5.41, 5.74) is 8.65. The van der Waals surface area contributed by atoms with Crippen LogP contribution in [0.25, 0.3) is 0 Å². The smallest absolute Gasteiger partial charge is 0.128 e. The number of anilines is 1. The number of hydrogen-bond acceptors (Lipinski definition) is 2. The Bertz CT molecular complexity index is 502. The van der Waals surface area contributed by atoms with Crippen LogP contribution in [0.4, 0.5) is 10.1 Å². The van der Waals surface area contributed by atoms with E-state index in [1.807, 2.05) is 36.4 Å². The molecule has 0 atom stereocenters. The molecule has 0 amide bonds. The molecule has 94 valence electrons. The van der Waals surface area contributed by atoms with Crippen molar-refractivity contribution in [3.63, 3.8) is 0 Å². The molecule has 0 spiro atoms. The summed E-state index contributed by atoms with van der Waals surface area (Å²) in [6.07, 6.45) is 0. The third-order valence-electron chi connectivity index (χ3n) is 2.63. The molecule has 2 aromatic carbocycles. The van der Waals surface area contributed by atoms with Gasteiger partial charge in [0.05, 0.1) is 0 Å². The van der Waals surface area contributed by atoms with Gasteiger partial charge in [-0.25, -0.2) is 9.82 Å². The lowest BCUT2D eigenvalue weighted by atomic mass is 10.1. The first-order chi connectivity index (χ1) is 8.81. The van der Waals surface area contributed by atoms with Crippen molar-refractivity contribution in [3.05, 3.63) is 65.5 Å². The third kappa shape index (κ3) is 3.31. The van der Waals surface area contributed by atoms with E-state index < -0.39 is 0 Å². The van der Waals surface area contributed by atoms with E-state index in [-0.39, 0.29) is 5.82 Å². The number of nitrogens with one attached hydrogen (secondary N) is 2. The van der Waals surface area contributed by atoms with Crippen LogP contribution < -0.4 is 10.9 Å². The molecule has 2 rings (SSSR count). The van der Waals surface area contributed by atoms with Crippen molar-refractivity contribution in [1.29, 1.82) is 0 Å². The monoisotopic (exact) mass is 308 g/mol. The van der Waals surface area contributed by atoms with Crippen LogP contribution in [0.15, 0.2) is 48.5 Å². The van der Waals surface area contributed by atoms with Crippen LogP contribution in [0.3, 0.4) is 0 Å². The molecule has 0 unspecified atom stereocenters. The van der Waals surface area contributed by atoms with Gasteiger partial charge in [0, 0.05) is 23.1 Å². The minimum Gasteiger partial charge on any atom is -0.321 e. The van der Waals surface area contributed by atoms with E-state index in [2.05, 4.69) is 26.8 Å². The van der Waals surface area contributed by atoms with Crippen LogP contribution in [0.5, 0.6) is 0 Å². The van der Waals surface area contributed by atoms with E-state index in [9.17, 15) is 4.39 Å². The Labute approximate surface area is 114 Å².